The van der Waals surface area contributed by atoms with E-state index < -0.39 is 0 Å². The van der Waals surface area contributed by atoms with Crippen molar-refractivity contribution < 1.29 is 0 Å². The highest BCUT2D eigenvalue weighted by molar-refractivity contribution is 5.39. The lowest BCUT2D eigenvalue weighted by atomic mass is 9.97. The molecule has 3 nitrogen and oxygen atoms in total. The summed E-state index contributed by atoms with van der Waals surface area (Å²) in [5, 5.41) is 7.97. The molecule has 0 spiro atoms. The first-order valence-corrected chi connectivity index (χ1v) is 7.61. The molecule has 0 aliphatic heterocycles. The first-order valence-electron chi connectivity index (χ1n) is 7.61. The summed E-state index contributed by atoms with van der Waals surface area (Å²) in [4.78, 5) is 0. The molecule has 3 heteroatoms. The van der Waals surface area contributed by atoms with Crippen LogP contribution in [0.4, 0.5) is 0 Å². The van der Waals surface area contributed by atoms with Gasteiger partial charge in [-0.05, 0) is 48.9 Å². The molecule has 106 valence electrons. The molecular formula is C17H23N3. The highest BCUT2D eigenvalue weighted by Gasteiger charge is 2.18. The van der Waals surface area contributed by atoms with Crippen LogP contribution in [0.5, 0.6) is 0 Å². The predicted octanol–water partition coefficient (Wildman–Crippen LogP) is 3.00. The van der Waals surface area contributed by atoms with E-state index in [0.717, 1.165) is 13.0 Å². The average Bonchev–Trinajstić information content (AvgIpc) is 3.07. The molecule has 0 bridgehead atoms. The Kier molecular flexibility index (Phi) is 3.88. The van der Waals surface area contributed by atoms with Crippen molar-refractivity contribution in [2.75, 3.05) is 6.54 Å². The van der Waals surface area contributed by atoms with Crippen molar-refractivity contribution in [3.63, 3.8) is 0 Å². The maximum absolute atomic E-state index is 4.32. The van der Waals surface area contributed by atoms with Crippen molar-refractivity contribution in [3.8, 4) is 0 Å². The standard InChI is InChI=1S/C17H23N3/c1-3-9-18-17(16-11-19-20(2)12-16)15-8-7-13-5-4-6-14(13)10-15/h7-8,10-12,17-18H,3-6,9H2,1-2H3. The van der Waals surface area contributed by atoms with E-state index in [1.165, 1.54) is 41.5 Å². The molecule has 1 aromatic carbocycles. The quantitative estimate of drug-likeness (QED) is 0.904. The first kappa shape index (κ1) is 13.4. The highest BCUT2D eigenvalue weighted by Crippen LogP contribution is 2.28. The molecule has 0 fully saturated rings. The second-order valence-corrected chi connectivity index (χ2v) is 5.72. The SMILES string of the molecule is CCCNC(c1ccc2c(c1)CCC2)c1cnn(C)c1. The fourth-order valence-electron chi connectivity index (χ4n) is 3.08. The molecule has 1 aliphatic carbocycles. The minimum atomic E-state index is 0.259. The smallest absolute Gasteiger partial charge is 0.0608 e. The number of nitrogens with zero attached hydrogens (tertiary/aromatic N) is 2. The Morgan fingerprint density at radius 2 is 2.10 bits per heavy atom. The van der Waals surface area contributed by atoms with Gasteiger partial charge in [0, 0.05) is 18.8 Å². The van der Waals surface area contributed by atoms with E-state index in [-0.39, 0.29) is 6.04 Å². The van der Waals surface area contributed by atoms with Gasteiger partial charge in [-0.3, -0.25) is 4.68 Å². The molecule has 2 aromatic rings. The van der Waals surface area contributed by atoms with Gasteiger partial charge in [0.15, 0.2) is 0 Å². The maximum atomic E-state index is 4.32. The summed E-state index contributed by atoms with van der Waals surface area (Å²) in [7, 11) is 1.98. The van der Waals surface area contributed by atoms with Gasteiger partial charge in [0.2, 0.25) is 0 Å². The van der Waals surface area contributed by atoms with Crippen LogP contribution < -0.4 is 5.32 Å². The second kappa shape index (κ2) is 5.80. The number of nitrogens with one attached hydrogen (secondary N) is 1. The zero-order chi connectivity index (χ0) is 13.9. The van der Waals surface area contributed by atoms with Crippen LogP contribution in [-0.4, -0.2) is 16.3 Å². The lowest BCUT2D eigenvalue weighted by Crippen LogP contribution is -2.23. The number of aryl methyl sites for hydroxylation is 3. The topological polar surface area (TPSA) is 29.9 Å². The normalized spacial score (nSPS) is 15.3. The van der Waals surface area contributed by atoms with E-state index >= 15 is 0 Å². The molecule has 1 N–H and O–H groups in total. The van der Waals surface area contributed by atoms with Gasteiger partial charge in [-0.2, -0.15) is 5.10 Å². The van der Waals surface area contributed by atoms with E-state index in [2.05, 4.69) is 41.7 Å². The molecule has 1 aliphatic rings. The zero-order valence-corrected chi connectivity index (χ0v) is 12.4. The predicted molar refractivity (Wildman–Crippen MR) is 81.8 cm³/mol. The number of hydrogen-bond donors (Lipinski definition) is 1. The molecule has 0 saturated carbocycles. The summed E-state index contributed by atoms with van der Waals surface area (Å²) in [5.41, 5.74) is 5.69. The van der Waals surface area contributed by atoms with Crippen molar-refractivity contribution in [1.82, 2.24) is 15.1 Å². The highest BCUT2D eigenvalue weighted by atomic mass is 15.2. The Balaban J connectivity index is 1.92. The number of rotatable bonds is 5. The Morgan fingerprint density at radius 1 is 1.25 bits per heavy atom. The number of benzene rings is 1. The Morgan fingerprint density at radius 3 is 2.85 bits per heavy atom. The summed E-state index contributed by atoms with van der Waals surface area (Å²) in [5.74, 6) is 0. The lowest BCUT2D eigenvalue weighted by molar-refractivity contribution is 0.597. The molecular weight excluding hydrogens is 246 g/mol. The van der Waals surface area contributed by atoms with Gasteiger partial charge in [0.25, 0.3) is 0 Å². The van der Waals surface area contributed by atoms with Crippen LogP contribution in [0.3, 0.4) is 0 Å². The summed E-state index contributed by atoms with van der Waals surface area (Å²) in [6.07, 6.45) is 9.01. The van der Waals surface area contributed by atoms with E-state index in [1.807, 2.05) is 17.9 Å². The number of fused-ring (bicyclic) bond motifs is 1. The van der Waals surface area contributed by atoms with Crippen molar-refractivity contribution in [3.05, 3.63) is 52.8 Å². The van der Waals surface area contributed by atoms with Gasteiger partial charge in [-0.1, -0.05) is 25.1 Å². The molecule has 20 heavy (non-hydrogen) atoms. The summed E-state index contributed by atoms with van der Waals surface area (Å²) in [6.45, 7) is 3.23. The molecule has 1 aromatic heterocycles. The molecule has 3 rings (SSSR count). The number of hydrogen-bond acceptors (Lipinski definition) is 2. The van der Waals surface area contributed by atoms with Crippen molar-refractivity contribution in [1.29, 1.82) is 0 Å². The van der Waals surface area contributed by atoms with E-state index in [9.17, 15) is 0 Å². The third kappa shape index (κ3) is 2.63. The first-order chi connectivity index (χ1) is 9.78. The van der Waals surface area contributed by atoms with Crippen LogP contribution in [0.25, 0.3) is 0 Å². The zero-order valence-electron chi connectivity index (χ0n) is 12.4. The van der Waals surface area contributed by atoms with Crippen LogP contribution in [0.2, 0.25) is 0 Å². The third-order valence-corrected chi connectivity index (χ3v) is 4.11. The maximum Gasteiger partial charge on any atom is 0.0608 e. The van der Waals surface area contributed by atoms with Crippen LogP contribution in [0, 0.1) is 0 Å². The van der Waals surface area contributed by atoms with E-state index in [1.54, 1.807) is 0 Å². The van der Waals surface area contributed by atoms with Gasteiger partial charge >= 0.3 is 0 Å². The molecule has 1 atom stereocenters. The average molecular weight is 269 g/mol. The van der Waals surface area contributed by atoms with Gasteiger partial charge in [-0.25, -0.2) is 0 Å². The summed E-state index contributed by atoms with van der Waals surface area (Å²) in [6, 6.07) is 7.25. The number of aromatic nitrogens is 2. The summed E-state index contributed by atoms with van der Waals surface area (Å²) < 4.78 is 1.88. The van der Waals surface area contributed by atoms with E-state index in [4.69, 9.17) is 0 Å². The Bertz CT molecular complexity index is 586. The van der Waals surface area contributed by atoms with Crippen molar-refractivity contribution in [2.24, 2.45) is 7.05 Å². The van der Waals surface area contributed by atoms with Gasteiger partial charge < -0.3 is 5.32 Å². The third-order valence-electron chi connectivity index (χ3n) is 4.11. The molecule has 0 radical (unpaired) electrons. The van der Waals surface area contributed by atoms with E-state index in [0.29, 0.717) is 0 Å². The molecule has 0 amide bonds. The largest absolute Gasteiger partial charge is 0.306 e. The molecule has 1 unspecified atom stereocenters. The summed E-state index contributed by atoms with van der Waals surface area (Å²) >= 11 is 0. The monoisotopic (exact) mass is 269 g/mol. The molecule has 1 heterocycles. The van der Waals surface area contributed by atoms with Gasteiger partial charge in [0.05, 0.1) is 12.2 Å². The minimum absolute atomic E-state index is 0.259. The lowest BCUT2D eigenvalue weighted by Gasteiger charge is -2.18. The van der Waals surface area contributed by atoms with Crippen LogP contribution in [-0.2, 0) is 19.9 Å². The van der Waals surface area contributed by atoms with Gasteiger partial charge in [0.1, 0.15) is 0 Å². The Hall–Kier alpha value is -1.61. The second-order valence-electron chi connectivity index (χ2n) is 5.72. The van der Waals surface area contributed by atoms with Crippen LogP contribution >= 0.6 is 0 Å². The van der Waals surface area contributed by atoms with Gasteiger partial charge in [-0.15, -0.1) is 0 Å². The molecule has 0 saturated heterocycles. The van der Waals surface area contributed by atoms with Crippen molar-refractivity contribution >= 4 is 0 Å². The van der Waals surface area contributed by atoms with Crippen LogP contribution in [0.15, 0.2) is 30.6 Å². The Labute approximate surface area is 121 Å². The van der Waals surface area contributed by atoms with Crippen molar-refractivity contribution in [2.45, 2.75) is 38.6 Å². The van der Waals surface area contributed by atoms with Crippen LogP contribution in [0.1, 0.15) is 48.1 Å². The minimum Gasteiger partial charge on any atom is -0.306 e. The fourth-order valence-corrected chi connectivity index (χ4v) is 3.08. The fraction of sp³-hybridized carbons (Fsp3) is 0.471.